The van der Waals surface area contributed by atoms with Crippen molar-refractivity contribution in [1.82, 2.24) is 4.98 Å². The van der Waals surface area contributed by atoms with Gasteiger partial charge in [0.1, 0.15) is 11.9 Å². The van der Waals surface area contributed by atoms with Crippen molar-refractivity contribution in [1.29, 1.82) is 0 Å². The van der Waals surface area contributed by atoms with Gasteiger partial charge in [0, 0.05) is 35.6 Å². The first-order chi connectivity index (χ1) is 8.15. The zero-order valence-electron chi connectivity index (χ0n) is 8.91. The van der Waals surface area contributed by atoms with E-state index < -0.39 is 6.16 Å². The van der Waals surface area contributed by atoms with E-state index in [1.807, 2.05) is 12.1 Å². The van der Waals surface area contributed by atoms with Gasteiger partial charge in [-0.05, 0) is 28.1 Å². The van der Waals surface area contributed by atoms with Crippen LogP contribution in [0.4, 0.5) is 10.6 Å². The highest BCUT2D eigenvalue weighted by Gasteiger charge is 2.59. The van der Waals surface area contributed by atoms with Crippen molar-refractivity contribution in [3.05, 3.63) is 22.8 Å². The summed E-state index contributed by atoms with van der Waals surface area (Å²) in [5.41, 5.74) is 0. The van der Waals surface area contributed by atoms with E-state index in [9.17, 15) is 4.79 Å². The number of fused-ring (bicyclic) bond motifs is 1. The smallest absolute Gasteiger partial charge is 0.450 e. The molecule has 1 saturated heterocycles. The first-order valence-corrected chi connectivity index (χ1v) is 6.20. The molecule has 1 saturated carbocycles. The van der Waals surface area contributed by atoms with Gasteiger partial charge in [0.25, 0.3) is 0 Å². The molecule has 1 unspecified atom stereocenters. The lowest BCUT2D eigenvalue weighted by Crippen LogP contribution is -2.27. The van der Waals surface area contributed by atoms with Crippen molar-refractivity contribution >= 4 is 27.9 Å². The van der Waals surface area contributed by atoms with E-state index in [0.29, 0.717) is 11.8 Å². The van der Waals surface area contributed by atoms with Crippen LogP contribution in [0.1, 0.15) is 0 Å². The second-order valence-corrected chi connectivity index (χ2v) is 5.33. The number of aromatic nitrogens is 1. The van der Waals surface area contributed by atoms with E-state index in [1.165, 1.54) is 0 Å². The van der Waals surface area contributed by atoms with Gasteiger partial charge in [-0.1, -0.05) is 0 Å². The monoisotopic (exact) mass is 298 g/mol. The first-order valence-electron chi connectivity index (χ1n) is 5.41. The quantitative estimate of drug-likeness (QED) is 0.846. The molecule has 0 aromatic carbocycles. The summed E-state index contributed by atoms with van der Waals surface area (Å²) in [7, 11) is 0. The maximum absolute atomic E-state index is 10.4. The minimum atomic E-state index is -1.17. The van der Waals surface area contributed by atoms with Crippen LogP contribution in [-0.2, 0) is 4.74 Å². The molecule has 0 spiro atoms. The highest BCUT2D eigenvalue weighted by Crippen LogP contribution is 2.48. The van der Waals surface area contributed by atoms with E-state index in [4.69, 9.17) is 9.84 Å². The van der Waals surface area contributed by atoms with E-state index in [2.05, 4.69) is 25.8 Å². The molecule has 5 nitrogen and oxygen atoms in total. The van der Waals surface area contributed by atoms with Gasteiger partial charge in [-0.25, -0.2) is 9.78 Å². The molecule has 17 heavy (non-hydrogen) atoms. The maximum Gasteiger partial charge on any atom is 0.506 e. The van der Waals surface area contributed by atoms with E-state index in [1.54, 1.807) is 6.20 Å². The SMILES string of the molecule is O=C(O)OC1[C@H]2CN(c3ccc(Br)cn3)C[C@@H]12. The van der Waals surface area contributed by atoms with Crippen molar-refractivity contribution in [2.75, 3.05) is 18.0 Å². The second-order valence-electron chi connectivity index (χ2n) is 4.42. The molecule has 0 amide bonds. The highest BCUT2D eigenvalue weighted by molar-refractivity contribution is 9.10. The number of piperidine rings is 1. The molecule has 2 heterocycles. The van der Waals surface area contributed by atoms with E-state index >= 15 is 0 Å². The molecular weight excluding hydrogens is 288 g/mol. The molecule has 6 heteroatoms. The minimum Gasteiger partial charge on any atom is -0.450 e. The highest BCUT2D eigenvalue weighted by atomic mass is 79.9. The van der Waals surface area contributed by atoms with Gasteiger partial charge in [-0.2, -0.15) is 0 Å². The molecule has 1 N–H and O–H groups in total. The Balaban J connectivity index is 1.61. The fraction of sp³-hybridized carbons (Fsp3) is 0.455. The Kier molecular flexibility index (Phi) is 2.47. The summed E-state index contributed by atoms with van der Waals surface area (Å²) in [5, 5.41) is 8.54. The van der Waals surface area contributed by atoms with Crippen molar-refractivity contribution in [3.63, 3.8) is 0 Å². The van der Waals surface area contributed by atoms with Crippen molar-refractivity contribution < 1.29 is 14.6 Å². The van der Waals surface area contributed by atoms with Crippen LogP contribution < -0.4 is 4.90 Å². The summed E-state index contributed by atoms with van der Waals surface area (Å²) >= 11 is 3.35. The lowest BCUT2D eigenvalue weighted by Gasteiger charge is -2.20. The number of halogens is 1. The first kappa shape index (κ1) is 10.8. The third-order valence-corrected chi connectivity index (χ3v) is 3.86. The third-order valence-electron chi connectivity index (χ3n) is 3.39. The lowest BCUT2D eigenvalue weighted by atomic mass is 10.4. The number of nitrogens with zero attached hydrogens (tertiary/aromatic N) is 2. The molecule has 1 aliphatic heterocycles. The summed E-state index contributed by atoms with van der Waals surface area (Å²) in [6.07, 6.45) is 0.502. The van der Waals surface area contributed by atoms with Crippen molar-refractivity contribution in [3.8, 4) is 0 Å². The predicted molar refractivity (Wildman–Crippen MR) is 64.0 cm³/mol. The van der Waals surface area contributed by atoms with Crippen LogP contribution in [0.25, 0.3) is 0 Å². The van der Waals surface area contributed by atoms with E-state index in [0.717, 1.165) is 23.4 Å². The Labute approximate surface area is 107 Å². The van der Waals surface area contributed by atoms with Crippen LogP contribution >= 0.6 is 15.9 Å². The number of carbonyl (C=O) groups is 1. The fourth-order valence-electron chi connectivity index (χ4n) is 2.51. The van der Waals surface area contributed by atoms with Crippen LogP contribution in [0, 0.1) is 11.8 Å². The Morgan fingerprint density at radius 3 is 2.71 bits per heavy atom. The summed E-state index contributed by atoms with van der Waals surface area (Å²) in [5.74, 6) is 1.63. The molecule has 90 valence electrons. The number of ether oxygens (including phenoxy) is 1. The van der Waals surface area contributed by atoms with Crippen molar-refractivity contribution in [2.45, 2.75) is 6.10 Å². The molecule has 2 aliphatic rings. The number of rotatable bonds is 2. The third kappa shape index (κ3) is 1.97. The zero-order valence-corrected chi connectivity index (χ0v) is 10.5. The van der Waals surface area contributed by atoms with Crippen molar-refractivity contribution in [2.24, 2.45) is 11.8 Å². The summed E-state index contributed by atoms with van der Waals surface area (Å²) in [6, 6.07) is 3.92. The summed E-state index contributed by atoms with van der Waals surface area (Å²) in [4.78, 5) is 16.9. The van der Waals surface area contributed by atoms with Gasteiger partial charge in [0.15, 0.2) is 0 Å². The van der Waals surface area contributed by atoms with Gasteiger partial charge in [0.2, 0.25) is 0 Å². The average Bonchev–Trinajstić information content (AvgIpc) is 2.75. The zero-order chi connectivity index (χ0) is 12.0. The number of hydrogen-bond acceptors (Lipinski definition) is 4. The van der Waals surface area contributed by atoms with Gasteiger partial charge < -0.3 is 14.7 Å². The number of anilines is 1. The Morgan fingerprint density at radius 2 is 2.18 bits per heavy atom. The molecule has 2 fully saturated rings. The molecule has 1 aromatic rings. The maximum atomic E-state index is 10.4. The van der Waals surface area contributed by atoms with E-state index in [-0.39, 0.29) is 6.10 Å². The van der Waals surface area contributed by atoms with Gasteiger partial charge in [-0.3, -0.25) is 0 Å². The fourth-order valence-corrected chi connectivity index (χ4v) is 2.74. The summed E-state index contributed by atoms with van der Waals surface area (Å²) < 4.78 is 5.75. The molecule has 3 atom stereocenters. The lowest BCUT2D eigenvalue weighted by molar-refractivity contribution is 0.0757. The van der Waals surface area contributed by atoms with Crippen LogP contribution in [-0.4, -0.2) is 35.4 Å². The Hall–Kier alpha value is -1.30. The van der Waals surface area contributed by atoms with Crippen LogP contribution in [0.15, 0.2) is 22.8 Å². The molecular formula is C11H11BrN2O3. The molecule has 0 radical (unpaired) electrons. The average molecular weight is 299 g/mol. The topological polar surface area (TPSA) is 62.7 Å². The van der Waals surface area contributed by atoms with Gasteiger partial charge in [0.05, 0.1) is 0 Å². The standard InChI is InChI=1S/C11H11BrN2O3/c12-6-1-2-9(13-3-6)14-4-7-8(5-14)10(7)17-11(15)16/h1-3,7-8,10H,4-5H2,(H,15,16)/t7-,8+,10?. The molecule has 1 aromatic heterocycles. The Morgan fingerprint density at radius 1 is 1.47 bits per heavy atom. The van der Waals surface area contributed by atoms with Crippen LogP contribution in [0.3, 0.4) is 0 Å². The number of carboxylic acid groups (broad SMARTS) is 1. The molecule has 1 aliphatic carbocycles. The van der Waals surface area contributed by atoms with Gasteiger partial charge >= 0.3 is 6.16 Å². The predicted octanol–water partition coefficient (Wildman–Crippen LogP) is 1.97. The minimum absolute atomic E-state index is 0.0980. The van der Waals surface area contributed by atoms with Crippen LogP contribution in [0.2, 0.25) is 0 Å². The van der Waals surface area contributed by atoms with Crippen LogP contribution in [0.5, 0.6) is 0 Å². The number of hydrogen-bond donors (Lipinski definition) is 1. The van der Waals surface area contributed by atoms with Gasteiger partial charge in [-0.15, -0.1) is 0 Å². The molecule has 0 bridgehead atoms. The summed E-state index contributed by atoms with van der Waals surface area (Å²) in [6.45, 7) is 1.66. The largest absolute Gasteiger partial charge is 0.506 e. The Bertz CT molecular complexity index is 439. The molecule has 3 rings (SSSR count). The normalized spacial score (nSPS) is 29.9. The number of pyridine rings is 1. The second kappa shape index (κ2) is 3.87.